The zero-order chi connectivity index (χ0) is 23.8. The second kappa shape index (κ2) is 9.67. The Morgan fingerprint density at radius 1 is 0.457 bits per heavy atom. The molecule has 0 saturated carbocycles. The fraction of sp³-hybridized carbons (Fsp3) is 0.294. The normalized spacial score (nSPS) is 14.5. The van der Waals surface area contributed by atoms with Gasteiger partial charge in [0.1, 0.15) is 0 Å². The van der Waals surface area contributed by atoms with Gasteiger partial charge in [-0.2, -0.15) is 0 Å². The van der Waals surface area contributed by atoms with Crippen LogP contribution in [0.5, 0.6) is 0 Å². The average molecular weight is 536 g/mol. The molecule has 0 atom stereocenters. The number of benzene rings is 4. The van der Waals surface area contributed by atoms with E-state index in [1.807, 2.05) is 0 Å². The van der Waals surface area contributed by atoms with Crippen LogP contribution in [-0.4, -0.2) is 0 Å². The summed E-state index contributed by atoms with van der Waals surface area (Å²) in [6, 6.07) is 37.6. The van der Waals surface area contributed by atoms with Crippen LogP contribution in [0.2, 0.25) is 8.26 Å². The molecule has 0 nitrogen and oxygen atoms in total. The molecule has 0 N–H and O–H groups in total. The van der Waals surface area contributed by atoms with E-state index in [2.05, 4.69) is 111 Å². The van der Waals surface area contributed by atoms with Crippen molar-refractivity contribution in [3.63, 3.8) is 0 Å². The molecule has 1 heteroatoms. The maximum atomic E-state index is 2.48. The molecule has 2 aliphatic rings. The Morgan fingerprint density at radius 2 is 0.743 bits per heavy atom. The van der Waals surface area contributed by atoms with Crippen molar-refractivity contribution in [2.45, 2.75) is 55.0 Å². The van der Waals surface area contributed by atoms with Crippen LogP contribution in [0, 0.1) is 0 Å². The summed E-state index contributed by atoms with van der Waals surface area (Å²) in [5.74, 6) is 0. The predicted molar refractivity (Wildman–Crippen MR) is 147 cm³/mol. The maximum absolute atomic E-state index is 3.06. The van der Waals surface area contributed by atoms with E-state index in [1.165, 1.54) is 56.2 Å². The first-order chi connectivity index (χ1) is 17.3. The Morgan fingerprint density at radius 3 is 1.03 bits per heavy atom. The minimum absolute atomic E-state index is 0.624. The second-order valence-electron chi connectivity index (χ2n) is 10.7. The molecule has 0 spiro atoms. The summed E-state index contributed by atoms with van der Waals surface area (Å²) in [5, 5.41) is 0. The zero-order valence-electron chi connectivity index (χ0n) is 21.1. The van der Waals surface area contributed by atoms with Gasteiger partial charge in [0.25, 0.3) is 0 Å². The first-order valence-electron chi connectivity index (χ1n) is 13.7. The van der Waals surface area contributed by atoms with Gasteiger partial charge in [-0.15, -0.1) is 0 Å². The molecule has 35 heavy (non-hydrogen) atoms. The van der Waals surface area contributed by atoms with E-state index in [4.69, 9.17) is 0 Å². The first-order valence-corrected chi connectivity index (χ1v) is 20.0. The number of unbranched alkanes of at least 4 members (excludes halogenated alkanes) is 2. The molecule has 0 saturated heterocycles. The van der Waals surface area contributed by atoms with Gasteiger partial charge in [0.15, 0.2) is 0 Å². The van der Waals surface area contributed by atoms with Gasteiger partial charge in [-0.05, 0) is 0 Å². The number of fused-ring (bicyclic) bond motifs is 6. The quantitative estimate of drug-likeness (QED) is 0.210. The van der Waals surface area contributed by atoms with Crippen LogP contribution in [0.25, 0.3) is 22.3 Å². The Hall–Kier alpha value is -2.24. The second-order valence-corrected chi connectivity index (χ2v) is 22.0. The zero-order valence-corrected chi connectivity index (χ0v) is 23.6. The van der Waals surface area contributed by atoms with Gasteiger partial charge in [-0.25, -0.2) is 0 Å². The summed E-state index contributed by atoms with van der Waals surface area (Å²) in [6.07, 6.45) is 5.30. The van der Waals surface area contributed by atoms with Crippen molar-refractivity contribution in [2.24, 2.45) is 0 Å². The summed E-state index contributed by atoms with van der Waals surface area (Å²) in [5.41, 5.74) is 12.6. The summed E-state index contributed by atoms with van der Waals surface area (Å²) in [4.78, 5) is 0. The molecule has 2 aliphatic carbocycles. The van der Waals surface area contributed by atoms with Gasteiger partial charge in [0.2, 0.25) is 0 Å². The monoisotopic (exact) mass is 534 g/mol. The van der Waals surface area contributed by atoms with E-state index in [1.54, 1.807) is 22.3 Å². The van der Waals surface area contributed by atoms with E-state index in [9.17, 15) is 0 Å². The van der Waals surface area contributed by atoms with E-state index in [0.29, 0.717) is 7.25 Å². The Labute approximate surface area is 215 Å². The number of hydrogen-bond acceptors (Lipinski definition) is 0. The molecule has 0 bridgehead atoms. The molecule has 0 heterocycles. The van der Waals surface area contributed by atoms with Crippen molar-refractivity contribution in [3.8, 4) is 22.3 Å². The molecule has 0 aromatic heterocycles. The van der Waals surface area contributed by atoms with Gasteiger partial charge >= 0.3 is 217 Å². The van der Waals surface area contributed by atoms with Crippen molar-refractivity contribution >= 4 is 0 Å². The standard InChI is InChI=1S/2C13H9.2C4H9.Zr/c2*1-3-7-12-10(5-1)9-11-6-2-4-8-13(11)12;2*1-3-4-2;/h2*1-9H;2*1,3-4H2,2H3;. The number of rotatable bonds is 8. The molecular formula is C34H36Zr. The Balaban J connectivity index is 1.66. The fourth-order valence-electron chi connectivity index (χ4n) is 7.43. The topological polar surface area (TPSA) is 0 Å². The van der Waals surface area contributed by atoms with Crippen LogP contribution in [0.3, 0.4) is 0 Å². The molecule has 6 rings (SSSR count). The Bertz CT molecular complexity index is 1150. The third-order valence-corrected chi connectivity index (χ3v) is 23.8. The molecule has 176 valence electrons. The van der Waals surface area contributed by atoms with E-state index >= 15 is 0 Å². The van der Waals surface area contributed by atoms with Crippen LogP contribution in [0.1, 0.15) is 69.0 Å². The molecule has 0 unspecified atom stereocenters. The molecular weight excluding hydrogens is 500 g/mol. The molecule has 4 aromatic carbocycles. The van der Waals surface area contributed by atoms with Crippen molar-refractivity contribution in [2.75, 3.05) is 0 Å². The average Bonchev–Trinajstić information content (AvgIpc) is 3.44. The number of hydrogen-bond donors (Lipinski definition) is 0. The van der Waals surface area contributed by atoms with Gasteiger partial charge in [0, 0.05) is 0 Å². The predicted octanol–water partition coefficient (Wildman–Crippen LogP) is 10.1. The molecule has 0 radical (unpaired) electrons. The first kappa shape index (κ1) is 23.2. The molecule has 4 aromatic rings. The van der Waals surface area contributed by atoms with Crippen molar-refractivity contribution in [1.29, 1.82) is 0 Å². The third-order valence-electron chi connectivity index (χ3n) is 8.81. The van der Waals surface area contributed by atoms with Gasteiger partial charge < -0.3 is 0 Å². The van der Waals surface area contributed by atoms with Gasteiger partial charge in [-0.3, -0.25) is 0 Å². The molecule has 0 fully saturated rings. The van der Waals surface area contributed by atoms with Crippen LogP contribution in [0.4, 0.5) is 0 Å². The molecule has 0 amide bonds. The SMILES string of the molecule is CCC[CH2][Zr]([CH2]CCC)([CH]1c2ccccc2-c2ccccc21)[CH]1c2ccccc2-c2ccccc21. The van der Waals surface area contributed by atoms with Crippen LogP contribution < -0.4 is 0 Å². The van der Waals surface area contributed by atoms with Crippen LogP contribution >= 0.6 is 0 Å². The molecule has 0 aliphatic heterocycles. The van der Waals surface area contributed by atoms with Crippen LogP contribution in [0.15, 0.2) is 97.1 Å². The summed E-state index contributed by atoms with van der Waals surface area (Å²) in [6.45, 7) is 4.78. The minimum atomic E-state index is -3.06. The Kier molecular flexibility index (Phi) is 6.40. The van der Waals surface area contributed by atoms with Gasteiger partial charge in [-0.1, -0.05) is 0 Å². The van der Waals surface area contributed by atoms with Crippen molar-refractivity contribution in [1.82, 2.24) is 0 Å². The van der Waals surface area contributed by atoms with Gasteiger partial charge in [0.05, 0.1) is 0 Å². The van der Waals surface area contributed by atoms with Crippen molar-refractivity contribution in [3.05, 3.63) is 119 Å². The summed E-state index contributed by atoms with van der Waals surface area (Å²) in [7, 11) is 0. The van der Waals surface area contributed by atoms with Crippen LogP contribution in [-0.2, 0) is 20.3 Å². The van der Waals surface area contributed by atoms with Crippen molar-refractivity contribution < 1.29 is 20.3 Å². The summed E-state index contributed by atoms with van der Waals surface area (Å²) >= 11 is -3.06. The third kappa shape index (κ3) is 3.65. The van der Waals surface area contributed by atoms with E-state index < -0.39 is 20.3 Å². The van der Waals surface area contributed by atoms with E-state index in [0.717, 1.165) is 0 Å². The van der Waals surface area contributed by atoms with E-state index in [-0.39, 0.29) is 0 Å². The fourth-order valence-corrected chi connectivity index (χ4v) is 25.2. The summed E-state index contributed by atoms with van der Waals surface area (Å²) < 4.78 is 4.18.